The number of carbonyl (C=O) groups is 1. The van der Waals surface area contributed by atoms with Crippen LogP contribution in [0.2, 0.25) is 0 Å². The number of methoxy groups -OCH3 is 1. The van der Waals surface area contributed by atoms with Crippen LogP contribution in [-0.4, -0.2) is 37.4 Å². The topological polar surface area (TPSA) is 47.6 Å². The van der Waals surface area contributed by atoms with Gasteiger partial charge in [0.1, 0.15) is 5.54 Å². The van der Waals surface area contributed by atoms with Crippen LogP contribution >= 0.6 is 0 Å². The van der Waals surface area contributed by atoms with Crippen molar-refractivity contribution >= 4 is 5.97 Å². The molecule has 2 unspecified atom stereocenters. The monoisotopic (exact) mass is 271 g/mol. The molecule has 1 fully saturated rings. The lowest BCUT2D eigenvalue weighted by atomic mass is 9.96. The van der Waals surface area contributed by atoms with Gasteiger partial charge in [-0.05, 0) is 33.1 Å². The Labute approximate surface area is 117 Å². The molecule has 0 heterocycles. The maximum atomic E-state index is 12.1. The third-order valence-corrected chi connectivity index (χ3v) is 3.71. The Kier molecular flexibility index (Phi) is 6.80. The van der Waals surface area contributed by atoms with Crippen molar-refractivity contribution in [3.8, 4) is 0 Å². The van der Waals surface area contributed by atoms with Gasteiger partial charge < -0.3 is 9.47 Å². The molecule has 0 radical (unpaired) electrons. The molecule has 0 aromatic heterocycles. The fourth-order valence-corrected chi connectivity index (χ4v) is 2.87. The van der Waals surface area contributed by atoms with E-state index >= 15 is 0 Å². The Bertz CT molecular complexity index is 281. The Morgan fingerprint density at radius 1 is 1.42 bits per heavy atom. The van der Waals surface area contributed by atoms with Crippen molar-refractivity contribution in [2.24, 2.45) is 0 Å². The summed E-state index contributed by atoms with van der Waals surface area (Å²) in [6.45, 7) is 7.10. The summed E-state index contributed by atoms with van der Waals surface area (Å²) in [5, 5.41) is 3.38. The van der Waals surface area contributed by atoms with E-state index < -0.39 is 5.54 Å². The van der Waals surface area contributed by atoms with Gasteiger partial charge in [-0.25, -0.2) is 0 Å². The fourth-order valence-electron chi connectivity index (χ4n) is 2.87. The zero-order valence-corrected chi connectivity index (χ0v) is 12.8. The van der Waals surface area contributed by atoms with Crippen LogP contribution in [0.15, 0.2) is 0 Å². The highest BCUT2D eigenvalue weighted by Crippen LogP contribution is 2.33. The Morgan fingerprint density at radius 3 is 2.74 bits per heavy atom. The second-order valence-corrected chi connectivity index (χ2v) is 5.82. The molecule has 4 nitrogen and oxygen atoms in total. The van der Waals surface area contributed by atoms with Crippen molar-refractivity contribution in [2.75, 3.05) is 13.7 Å². The highest BCUT2D eigenvalue weighted by atomic mass is 16.5. The summed E-state index contributed by atoms with van der Waals surface area (Å²) in [4.78, 5) is 12.1. The molecule has 0 aromatic rings. The van der Waals surface area contributed by atoms with Gasteiger partial charge in [0.25, 0.3) is 0 Å². The second kappa shape index (κ2) is 7.85. The van der Waals surface area contributed by atoms with Gasteiger partial charge in [0.05, 0.1) is 13.2 Å². The summed E-state index contributed by atoms with van der Waals surface area (Å²) < 4.78 is 10.9. The maximum Gasteiger partial charge on any atom is 0.326 e. The van der Waals surface area contributed by atoms with Crippen LogP contribution in [0.1, 0.15) is 59.3 Å². The van der Waals surface area contributed by atoms with Crippen LogP contribution in [0.4, 0.5) is 0 Å². The summed E-state index contributed by atoms with van der Waals surface area (Å²) in [6.07, 6.45) is 6.16. The van der Waals surface area contributed by atoms with E-state index in [9.17, 15) is 4.79 Å². The number of unbranched alkanes of at least 4 members (excludes halogenated alkanes) is 2. The van der Waals surface area contributed by atoms with E-state index in [1.807, 2.05) is 0 Å². The van der Waals surface area contributed by atoms with E-state index in [2.05, 4.69) is 26.1 Å². The second-order valence-electron chi connectivity index (χ2n) is 5.82. The van der Waals surface area contributed by atoms with E-state index in [0.29, 0.717) is 0 Å². The number of ether oxygens (including phenoxy) is 2. The average molecular weight is 271 g/mol. The molecular formula is C15H29NO3. The minimum absolute atomic E-state index is 0.152. The SMILES string of the molecule is CCCCCOC1CCC(NC(C)C)(C(=O)OC)C1. The average Bonchev–Trinajstić information content (AvgIpc) is 2.77. The van der Waals surface area contributed by atoms with Crippen molar-refractivity contribution in [1.29, 1.82) is 0 Å². The number of rotatable bonds is 8. The number of hydrogen-bond donors (Lipinski definition) is 1. The van der Waals surface area contributed by atoms with Gasteiger partial charge in [-0.2, -0.15) is 0 Å². The first-order valence-electron chi connectivity index (χ1n) is 7.51. The van der Waals surface area contributed by atoms with Crippen LogP contribution < -0.4 is 5.32 Å². The quantitative estimate of drug-likeness (QED) is 0.544. The van der Waals surface area contributed by atoms with Crippen LogP contribution in [-0.2, 0) is 14.3 Å². The van der Waals surface area contributed by atoms with Gasteiger partial charge in [0.2, 0.25) is 0 Å². The molecule has 0 aromatic carbocycles. The zero-order valence-electron chi connectivity index (χ0n) is 12.8. The molecule has 1 rings (SSSR count). The van der Waals surface area contributed by atoms with Crippen molar-refractivity contribution in [3.63, 3.8) is 0 Å². The zero-order chi connectivity index (χ0) is 14.3. The molecule has 1 aliphatic carbocycles. The first-order valence-corrected chi connectivity index (χ1v) is 7.51. The van der Waals surface area contributed by atoms with Gasteiger partial charge >= 0.3 is 5.97 Å². The molecule has 0 amide bonds. The highest BCUT2D eigenvalue weighted by Gasteiger charge is 2.46. The van der Waals surface area contributed by atoms with Crippen molar-refractivity contribution in [2.45, 2.75) is 77.0 Å². The van der Waals surface area contributed by atoms with Crippen LogP contribution in [0, 0.1) is 0 Å². The lowest BCUT2D eigenvalue weighted by Crippen LogP contribution is -2.53. The number of carbonyl (C=O) groups excluding carboxylic acids is 1. The van der Waals surface area contributed by atoms with E-state index in [1.54, 1.807) is 0 Å². The standard InChI is InChI=1S/C15H29NO3/c1-5-6-7-10-19-13-8-9-15(11-13,14(17)18-4)16-12(2)3/h12-13,16H,5-11H2,1-4H3. The molecule has 19 heavy (non-hydrogen) atoms. The van der Waals surface area contributed by atoms with Gasteiger partial charge in [0.15, 0.2) is 0 Å². The van der Waals surface area contributed by atoms with Crippen molar-refractivity contribution in [1.82, 2.24) is 5.32 Å². The first-order chi connectivity index (χ1) is 9.04. The predicted molar refractivity (Wildman–Crippen MR) is 76.1 cm³/mol. The number of nitrogens with one attached hydrogen (secondary N) is 1. The van der Waals surface area contributed by atoms with Gasteiger partial charge in [-0.1, -0.05) is 19.8 Å². The molecule has 1 aliphatic rings. The molecule has 0 bridgehead atoms. The largest absolute Gasteiger partial charge is 0.468 e. The molecular weight excluding hydrogens is 242 g/mol. The minimum atomic E-state index is -0.543. The lowest BCUT2D eigenvalue weighted by molar-refractivity contribution is -0.149. The molecule has 2 atom stereocenters. The summed E-state index contributed by atoms with van der Waals surface area (Å²) in [7, 11) is 1.46. The Hall–Kier alpha value is -0.610. The molecule has 4 heteroatoms. The molecule has 112 valence electrons. The molecule has 0 aliphatic heterocycles. The minimum Gasteiger partial charge on any atom is -0.468 e. The summed E-state index contributed by atoms with van der Waals surface area (Å²) in [5.74, 6) is -0.152. The van der Waals surface area contributed by atoms with Crippen molar-refractivity contribution < 1.29 is 14.3 Å². The normalized spacial score (nSPS) is 26.9. The summed E-state index contributed by atoms with van der Waals surface area (Å²) in [6, 6.07) is 0.262. The number of esters is 1. The van der Waals surface area contributed by atoms with E-state index in [0.717, 1.165) is 32.3 Å². The molecule has 1 saturated carbocycles. The van der Waals surface area contributed by atoms with Crippen molar-refractivity contribution in [3.05, 3.63) is 0 Å². The van der Waals surface area contributed by atoms with Crippen LogP contribution in [0.5, 0.6) is 0 Å². The third kappa shape index (κ3) is 4.77. The Morgan fingerprint density at radius 2 is 2.16 bits per heavy atom. The van der Waals surface area contributed by atoms with E-state index in [-0.39, 0.29) is 18.1 Å². The molecule has 1 N–H and O–H groups in total. The summed E-state index contributed by atoms with van der Waals surface area (Å²) >= 11 is 0. The third-order valence-electron chi connectivity index (χ3n) is 3.71. The van der Waals surface area contributed by atoms with Crippen LogP contribution in [0.25, 0.3) is 0 Å². The Balaban J connectivity index is 2.49. The van der Waals surface area contributed by atoms with E-state index in [1.165, 1.54) is 20.0 Å². The smallest absolute Gasteiger partial charge is 0.326 e. The molecule has 0 spiro atoms. The molecule has 0 saturated heterocycles. The van der Waals surface area contributed by atoms with Crippen LogP contribution in [0.3, 0.4) is 0 Å². The van der Waals surface area contributed by atoms with E-state index in [4.69, 9.17) is 9.47 Å². The fraction of sp³-hybridized carbons (Fsp3) is 0.933. The number of hydrogen-bond acceptors (Lipinski definition) is 4. The first kappa shape index (κ1) is 16.4. The summed E-state index contributed by atoms with van der Waals surface area (Å²) in [5.41, 5.74) is -0.543. The predicted octanol–water partition coefficient (Wildman–Crippen LogP) is 2.66. The highest BCUT2D eigenvalue weighted by molar-refractivity contribution is 5.81. The van der Waals surface area contributed by atoms with Gasteiger partial charge in [-0.15, -0.1) is 0 Å². The van der Waals surface area contributed by atoms with Gasteiger partial charge in [0, 0.05) is 19.1 Å². The maximum absolute atomic E-state index is 12.1. The van der Waals surface area contributed by atoms with Gasteiger partial charge in [-0.3, -0.25) is 10.1 Å². The lowest BCUT2D eigenvalue weighted by Gasteiger charge is -2.30.